The Balaban J connectivity index is 2.26. The Morgan fingerprint density at radius 2 is 2.53 bits per heavy atom. The highest BCUT2D eigenvalue weighted by molar-refractivity contribution is 7.16. The maximum absolute atomic E-state index is 11.1. The second-order valence-electron chi connectivity index (χ2n) is 3.07. The molecule has 5 heteroatoms. The zero-order chi connectivity index (χ0) is 10.8. The normalized spacial score (nSPS) is 13.3. The van der Waals surface area contributed by atoms with Crippen molar-refractivity contribution in [1.29, 1.82) is 0 Å². The van der Waals surface area contributed by atoms with E-state index in [0.717, 1.165) is 21.1 Å². The first-order valence-electron chi connectivity index (χ1n) is 4.38. The highest BCUT2D eigenvalue weighted by Crippen LogP contribution is 2.35. The molecule has 0 fully saturated rings. The number of ether oxygens (including phenoxy) is 1. The van der Waals surface area contributed by atoms with Gasteiger partial charge in [0.05, 0.1) is 19.9 Å². The van der Waals surface area contributed by atoms with Gasteiger partial charge in [-0.15, -0.1) is 11.3 Å². The molecule has 0 spiro atoms. The van der Waals surface area contributed by atoms with E-state index in [9.17, 15) is 4.79 Å². The summed E-state index contributed by atoms with van der Waals surface area (Å²) in [5, 5.41) is 3.81. The number of fused-ring (bicyclic) bond motifs is 1. The van der Waals surface area contributed by atoms with Gasteiger partial charge in [0.25, 0.3) is 0 Å². The maximum atomic E-state index is 11.1. The molecule has 15 heavy (non-hydrogen) atoms. The fourth-order valence-corrected chi connectivity index (χ4v) is 2.30. The quantitative estimate of drug-likeness (QED) is 0.775. The Morgan fingerprint density at radius 1 is 1.73 bits per heavy atom. The van der Waals surface area contributed by atoms with Crippen molar-refractivity contribution in [3.63, 3.8) is 0 Å². The third-order valence-electron chi connectivity index (χ3n) is 2.06. The number of thiophene rings is 1. The molecule has 0 unspecified atom stereocenters. The van der Waals surface area contributed by atoms with Crippen LogP contribution < -0.4 is 5.32 Å². The van der Waals surface area contributed by atoms with Gasteiger partial charge in [0, 0.05) is 16.1 Å². The van der Waals surface area contributed by atoms with Gasteiger partial charge in [-0.05, 0) is 6.07 Å². The van der Waals surface area contributed by atoms with Gasteiger partial charge in [-0.25, -0.2) is 4.99 Å². The standard InChI is InChI=1S/C10H10N2O2S/c1-6-8-3-7(4-9(13)14-2)15-10(8)12-5-11-6/h3,5H,1,4H2,2H3,(H,11,12). The predicted octanol–water partition coefficient (Wildman–Crippen LogP) is 1.70. The molecule has 1 aromatic heterocycles. The van der Waals surface area contributed by atoms with Gasteiger partial charge >= 0.3 is 5.97 Å². The van der Waals surface area contributed by atoms with E-state index < -0.39 is 0 Å². The lowest BCUT2D eigenvalue weighted by Crippen LogP contribution is -2.10. The highest BCUT2D eigenvalue weighted by Gasteiger charge is 2.15. The van der Waals surface area contributed by atoms with Crippen LogP contribution in [-0.4, -0.2) is 19.4 Å². The molecule has 1 aliphatic rings. The van der Waals surface area contributed by atoms with Gasteiger partial charge < -0.3 is 10.1 Å². The van der Waals surface area contributed by atoms with E-state index in [4.69, 9.17) is 0 Å². The SMILES string of the molecule is C=C1NC=Nc2sc(CC(=O)OC)cc21. The molecule has 1 N–H and O–H groups in total. The van der Waals surface area contributed by atoms with Crippen molar-refractivity contribution < 1.29 is 9.53 Å². The Hall–Kier alpha value is -1.62. The van der Waals surface area contributed by atoms with Crippen LogP contribution in [0.3, 0.4) is 0 Å². The van der Waals surface area contributed by atoms with E-state index in [1.807, 2.05) is 6.07 Å². The van der Waals surface area contributed by atoms with Crippen LogP contribution in [0.25, 0.3) is 5.70 Å². The van der Waals surface area contributed by atoms with Gasteiger partial charge in [-0.2, -0.15) is 0 Å². The molecule has 0 bridgehead atoms. The van der Waals surface area contributed by atoms with Crippen LogP contribution in [0, 0.1) is 0 Å². The molecule has 0 aromatic carbocycles. The fraction of sp³-hybridized carbons (Fsp3) is 0.200. The minimum absolute atomic E-state index is 0.240. The summed E-state index contributed by atoms with van der Waals surface area (Å²) in [6.07, 6.45) is 1.89. The van der Waals surface area contributed by atoms with Gasteiger partial charge in [-0.3, -0.25) is 4.79 Å². The van der Waals surface area contributed by atoms with E-state index in [-0.39, 0.29) is 12.4 Å². The number of aliphatic imine (C=N–C) groups is 1. The summed E-state index contributed by atoms with van der Waals surface area (Å²) < 4.78 is 4.60. The van der Waals surface area contributed by atoms with Crippen LogP contribution in [0.4, 0.5) is 5.00 Å². The number of carbonyl (C=O) groups is 1. The van der Waals surface area contributed by atoms with Crippen LogP contribution in [0.5, 0.6) is 0 Å². The van der Waals surface area contributed by atoms with E-state index in [1.165, 1.54) is 18.4 Å². The lowest BCUT2D eigenvalue weighted by atomic mass is 10.2. The monoisotopic (exact) mass is 222 g/mol. The van der Waals surface area contributed by atoms with Crippen molar-refractivity contribution >= 4 is 34.3 Å². The number of methoxy groups -OCH3 is 1. The Morgan fingerprint density at radius 3 is 3.20 bits per heavy atom. The summed E-state index contributed by atoms with van der Waals surface area (Å²) in [6.45, 7) is 3.86. The fourth-order valence-electron chi connectivity index (χ4n) is 1.29. The number of carbonyl (C=O) groups excluding carboxylic acids is 1. The van der Waals surface area contributed by atoms with Gasteiger partial charge in [0.15, 0.2) is 0 Å². The minimum Gasteiger partial charge on any atom is -0.469 e. The van der Waals surface area contributed by atoms with Crippen molar-refractivity contribution in [3.05, 3.63) is 23.1 Å². The van der Waals surface area contributed by atoms with E-state index in [1.54, 1.807) is 6.34 Å². The molecular formula is C10H10N2O2S. The number of rotatable bonds is 2. The second-order valence-corrected chi connectivity index (χ2v) is 4.18. The zero-order valence-electron chi connectivity index (χ0n) is 8.24. The smallest absolute Gasteiger partial charge is 0.310 e. The van der Waals surface area contributed by atoms with E-state index in [2.05, 4.69) is 21.6 Å². The molecule has 2 rings (SSSR count). The first-order chi connectivity index (χ1) is 7.20. The van der Waals surface area contributed by atoms with Crippen molar-refractivity contribution in [3.8, 4) is 0 Å². The van der Waals surface area contributed by atoms with E-state index >= 15 is 0 Å². The van der Waals surface area contributed by atoms with Crippen molar-refractivity contribution in [2.75, 3.05) is 7.11 Å². The molecule has 0 saturated heterocycles. The van der Waals surface area contributed by atoms with Crippen LogP contribution >= 0.6 is 11.3 Å². The summed E-state index contributed by atoms with van der Waals surface area (Å²) in [4.78, 5) is 16.2. The third kappa shape index (κ3) is 1.92. The molecule has 4 nitrogen and oxygen atoms in total. The summed E-state index contributed by atoms with van der Waals surface area (Å²) >= 11 is 1.48. The molecule has 0 aliphatic carbocycles. The molecule has 0 atom stereocenters. The summed E-state index contributed by atoms with van der Waals surface area (Å²) in [5.41, 5.74) is 1.77. The largest absolute Gasteiger partial charge is 0.469 e. The van der Waals surface area contributed by atoms with Crippen LogP contribution in [-0.2, 0) is 16.0 Å². The second kappa shape index (κ2) is 3.86. The summed E-state index contributed by atoms with van der Waals surface area (Å²) in [6, 6.07) is 1.92. The van der Waals surface area contributed by atoms with Crippen molar-refractivity contribution in [2.24, 2.45) is 4.99 Å². The molecule has 0 amide bonds. The van der Waals surface area contributed by atoms with Crippen LogP contribution in [0.15, 0.2) is 17.6 Å². The molecule has 0 radical (unpaired) electrons. The molecule has 0 saturated carbocycles. The maximum Gasteiger partial charge on any atom is 0.310 e. The molecule has 1 aromatic rings. The van der Waals surface area contributed by atoms with Gasteiger partial charge in [-0.1, -0.05) is 6.58 Å². The number of hydrogen-bond donors (Lipinski definition) is 1. The van der Waals surface area contributed by atoms with Crippen LogP contribution in [0.1, 0.15) is 10.4 Å². The highest BCUT2D eigenvalue weighted by atomic mass is 32.1. The summed E-state index contributed by atoms with van der Waals surface area (Å²) in [7, 11) is 1.38. The molecule has 2 heterocycles. The molecular weight excluding hydrogens is 212 g/mol. The predicted molar refractivity (Wildman–Crippen MR) is 60.4 cm³/mol. The van der Waals surface area contributed by atoms with Crippen LogP contribution in [0.2, 0.25) is 0 Å². The van der Waals surface area contributed by atoms with Gasteiger partial charge in [0.2, 0.25) is 0 Å². The lowest BCUT2D eigenvalue weighted by molar-refractivity contribution is -0.139. The average molecular weight is 222 g/mol. The van der Waals surface area contributed by atoms with Crippen molar-refractivity contribution in [1.82, 2.24) is 5.32 Å². The Bertz CT molecular complexity index is 448. The van der Waals surface area contributed by atoms with Crippen molar-refractivity contribution in [2.45, 2.75) is 6.42 Å². The minimum atomic E-state index is -0.240. The first-order valence-corrected chi connectivity index (χ1v) is 5.20. The summed E-state index contributed by atoms with van der Waals surface area (Å²) in [5.74, 6) is -0.240. The number of nitrogens with one attached hydrogen (secondary N) is 1. The lowest BCUT2D eigenvalue weighted by Gasteiger charge is -2.07. The molecule has 1 aliphatic heterocycles. The Labute approximate surface area is 91.3 Å². The Kier molecular flexibility index (Phi) is 2.55. The zero-order valence-corrected chi connectivity index (χ0v) is 9.06. The van der Waals surface area contributed by atoms with Gasteiger partial charge in [0.1, 0.15) is 5.00 Å². The molecule has 78 valence electrons. The number of nitrogens with zero attached hydrogens (tertiary/aromatic N) is 1. The van der Waals surface area contributed by atoms with E-state index in [0.29, 0.717) is 0 Å². The average Bonchev–Trinajstić information content (AvgIpc) is 2.62. The number of hydrogen-bond acceptors (Lipinski definition) is 5. The topological polar surface area (TPSA) is 50.7 Å². The third-order valence-corrected chi connectivity index (χ3v) is 3.10. The number of esters is 1. The first kappa shape index (κ1) is 9.92.